The number of hydrogen-bond donors (Lipinski definition) is 2. The van der Waals surface area contributed by atoms with Crippen LogP contribution in [-0.4, -0.2) is 50.0 Å². The molecule has 1 aliphatic heterocycles. The average Bonchev–Trinajstić information content (AvgIpc) is 3.29. The van der Waals surface area contributed by atoms with E-state index >= 15 is 0 Å². The van der Waals surface area contributed by atoms with Crippen LogP contribution in [0.5, 0.6) is 0 Å². The minimum absolute atomic E-state index is 0.0931. The third kappa shape index (κ3) is 3.85. The number of piperidine rings is 1. The largest absolute Gasteiger partial charge is 0.383 e. The van der Waals surface area contributed by atoms with Crippen molar-refractivity contribution in [3.05, 3.63) is 65.6 Å². The maximum absolute atomic E-state index is 12.6. The monoisotopic (exact) mass is 455 g/mol. The van der Waals surface area contributed by atoms with Crippen LogP contribution >= 0.6 is 0 Å². The highest BCUT2D eigenvalue weighted by Gasteiger charge is 2.28. The molecule has 0 bridgehead atoms. The highest BCUT2D eigenvalue weighted by Crippen LogP contribution is 2.34. The topological polar surface area (TPSA) is 115 Å². The summed E-state index contributed by atoms with van der Waals surface area (Å²) in [6.45, 7) is 5.91. The molecule has 34 heavy (non-hydrogen) atoms. The van der Waals surface area contributed by atoms with Crippen molar-refractivity contribution in [2.45, 2.75) is 32.6 Å². The highest BCUT2D eigenvalue weighted by molar-refractivity contribution is 6.00. The van der Waals surface area contributed by atoms with Gasteiger partial charge in [0, 0.05) is 35.5 Å². The van der Waals surface area contributed by atoms with Gasteiger partial charge in [-0.05, 0) is 51.4 Å². The lowest BCUT2D eigenvalue weighted by Crippen LogP contribution is -2.37. The molecule has 0 spiro atoms. The third-order valence-corrected chi connectivity index (χ3v) is 6.79. The van der Waals surface area contributed by atoms with Crippen molar-refractivity contribution >= 4 is 17.2 Å². The number of rotatable bonds is 5. The summed E-state index contributed by atoms with van der Waals surface area (Å²) in [4.78, 5) is 24.5. The Morgan fingerprint density at radius 2 is 1.85 bits per heavy atom. The maximum Gasteiger partial charge on any atom is 0.165 e. The second kappa shape index (κ2) is 8.96. The van der Waals surface area contributed by atoms with Gasteiger partial charge in [0.05, 0.1) is 23.1 Å². The van der Waals surface area contributed by atoms with E-state index in [1.807, 2.05) is 30.5 Å². The Morgan fingerprint density at radius 3 is 2.50 bits per heavy atom. The van der Waals surface area contributed by atoms with Crippen LogP contribution in [0.2, 0.25) is 0 Å². The summed E-state index contributed by atoms with van der Waals surface area (Å²) < 4.78 is 1.57. The fourth-order valence-corrected chi connectivity index (χ4v) is 4.85. The normalized spacial score (nSPS) is 15.1. The molecule has 0 amide bonds. The number of nitrogens with zero attached hydrogens (tertiary/aromatic N) is 5. The van der Waals surface area contributed by atoms with Gasteiger partial charge >= 0.3 is 0 Å². The van der Waals surface area contributed by atoms with Crippen LogP contribution in [0.25, 0.3) is 28.0 Å². The van der Waals surface area contributed by atoms with Crippen LogP contribution < -0.4 is 11.5 Å². The van der Waals surface area contributed by atoms with Gasteiger partial charge in [-0.3, -0.25) is 14.7 Å². The van der Waals surface area contributed by atoms with E-state index in [1.54, 1.807) is 10.7 Å². The zero-order chi connectivity index (χ0) is 23.8. The molecule has 5 rings (SSSR count). The molecule has 0 atom stereocenters. The first-order valence-corrected chi connectivity index (χ1v) is 11.6. The van der Waals surface area contributed by atoms with Gasteiger partial charge in [-0.15, -0.1) is 0 Å². The van der Waals surface area contributed by atoms with E-state index < -0.39 is 0 Å². The molecule has 1 saturated heterocycles. The first kappa shape index (κ1) is 22.2. The van der Waals surface area contributed by atoms with Crippen molar-refractivity contribution in [3.63, 3.8) is 0 Å². The van der Waals surface area contributed by atoms with Crippen molar-refractivity contribution in [1.82, 2.24) is 24.5 Å². The van der Waals surface area contributed by atoms with Crippen LogP contribution in [0.15, 0.2) is 48.8 Å². The number of likely N-dealkylation sites (tertiary alicyclic amines) is 1. The van der Waals surface area contributed by atoms with Crippen molar-refractivity contribution < 1.29 is 4.79 Å². The molecular formula is C26H29N7O. The summed E-state index contributed by atoms with van der Waals surface area (Å²) in [5.41, 5.74) is 19.1. The smallest absolute Gasteiger partial charge is 0.165 e. The van der Waals surface area contributed by atoms with E-state index in [4.69, 9.17) is 21.4 Å². The lowest BCUT2D eigenvalue weighted by Gasteiger charge is -2.31. The Morgan fingerprint density at radius 1 is 1.09 bits per heavy atom. The number of Topliss-reactive ketones (excluding diaryl/α,β-unsaturated/α-hetero) is 1. The molecule has 4 heterocycles. The van der Waals surface area contributed by atoms with E-state index in [-0.39, 0.29) is 11.7 Å². The minimum Gasteiger partial charge on any atom is -0.383 e. The Kier molecular flexibility index (Phi) is 5.85. The van der Waals surface area contributed by atoms with Crippen molar-refractivity contribution in [2.75, 3.05) is 25.5 Å². The van der Waals surface area contributed by atoms with Crippen molar-refractivity contribution in [1.29, 1.82) is 0 Å². The molecule has 4 N–H and O–H groups in total. The molecule has 0 aliphatic carbocycles. The van der Waals surface area contributed by atoms with Crippen LogP contribution in [-0.2, 0) is 0 Å². The second-order valence-corrected chi connectivity index (χ2v) is 8.93. The van der Waals surface area contributed by atoms with Crippen molar-refractivity contribution in [2.24, 2.45) is 5.73 Å². The standard InChI is InChI=1S/C26H29N7O/c1-16-5-3-4-6-20(16)22-8-7-19(13-29-22)21-14-30-33-25(28)23(17(2)34)24(31-26(21)33)18-9-11-32(15-27)12-10-18/h3-8,13-14,18H,9-12,15,27-28H2,1-2H3. The molecule has 174 valence electrons. The second-order valence-electron chi connectivity index (χ2n) is 8.93. The van der Waals surface area contributed by atoms with E-state index in [0.29, 0.717) is 23.7 Å². The van der Waals surface area contributed by atoms with Gasteiger partial charge in [0.15, 0.2) is 11.4 Å². The molecule has 0 unspecified atom stereocenters. The van der Waals surface area contributed by atoms with E-state index in [0.717, 1.165) is 54.0 Å². The number of aryl methyl sites for hydroxylation is 1. The summed E-state index contributed by atoms with van der Waals surface area (Å²) in [5, 5.41) is 4.47. The van der Waals surface area contributed by atoms with Crippen molar-refractivity contribution in [3.8, 4) is 22.4 Å². The molecule has 8 heteroatoms. The summed E-state index contributed by atoms with van der Waals surface area (Å²) >= 11 is 0. The van der Waals surface area contributed by atoms with Gasteiger partial charge in [0.25, 0.3) is 0 Å². The first-order chi connectivity index (χ1) is 16.5. The van der Waals surface area contributed by atoms with E-state index in [9.17, 15) is 4.79 Å². The molecule has 0 radical (unpaired) electrons. The number of nitrogens with two attached hydrogens (primary N) is 2. The molecule has 0 saturated carbocycles. The van der Waals surface area contributed by atoms with Gasteiger partial charge in [0.2, 0.25) is 0 Å². The summed E-state index contributed by atoms with van der Waals surface area (Å²) in [6.07, 6.45) is 5.36. The number of pyridine rings is 1. The third-order valence-electron chi connectivity index (χ3n) is 6.79. The van der Waals surface area contributed by atoms with E-state index in [2.05, 4.69) is 29.1 Å². The Balaban J connectivity index is 1.57. The zero-order valence-electron chi connectivity index (χ0n) is 19.5. The lowest BCUT2D eigenvalue weighted by molar-refractivity contribution is 0.101. The van der Waals surface area contributed by atoms with Gasteiger partial charge < -0.3 is 11.5 Å². The Labute approximate surface area is 198 Å². The average molecular weight is 456 g/mol. The first-order valence-electron chi connectivity index (χ1n) is 11.6. The number of anilines is 1. The van der Waals surface area contributed by atoms with Crippen LogP contribution in [0.3, 0.4) is 0 Å². The number of nitrogen functional groups attached to an aromatic ring is 1. The quantitative estimate of drug-likeness (QED) is 0.441. The number of aromatic nitrogens is 4. The number of carbonyl (C=O) groups is 1. The number of benzene rings is 1. The molecule has 1 fully saturated rings. The lowest BCUT2D eigenvalue weighted by atomic mass is 9.89. The zero-order valence-corrected chi connectivity index (χ0v) is 19.5. The van der Waals surface area contributed by atoms with Gasteiger partial charge in [-0.2, -0.15) is 9.61 Å². The number of hydrogen-bond acceptors (Lipinski definition) is 7. The molecule has 4 aromatic rings. The molecule has 1 aliphatic rings. The molecule has 1 aromatic carbocycles. The fourth-order valence-electron chi connectivity index (χ4n) is 4.85. The summed E-state index contributed by atoms with van der Waals surface area (Å²) in [5.74, 6) is 0.396. The molecule has 3 aromatic heterocycles. The predicted octanol–water partition coefficient (Wildman–Crippen LogP) is 3.65. The van der Waals surface area contributed by atoms with Crippen LogP contribution in [0, 0.1) is 6.92 Å². The number of ketones is 1. The van der Waals surface area contributed by atoms with Crippen LogP contribution in [0.1, 0.15) is 47.3 Å². The minimum atomic E-state index is -0.0931. The highest BCUT2D eigenvalue weighted by atomic mass is 16.1. The summed E-state index contributed by atoms with van der Waals surface area (Å²) in [7, 11) is 0. The van der Waals surface area contributed by atoms with Crippen LogP contribution in [0.4, 0.5) is 5.82 Å². The van der Waals surface area contributed by atoms with E-state index in [1.165, 1.54) is 12.5 Å². The molecular weight excluding hydrogens is 426 g/mol. The summed E-state index contributed by atoms with van der Waals surface area (Å²) in [6, 6.07) is 12.2. The van der Waals surface area contributed by atoms with Gasteiger partial charge in [-0.25, -0.2) is 4.98 Å². The van der Waals surface area contributed by atoms with Gasteiger partial charge in [0.1, 0.15) is 5.82 Å². The fraction of sp³-hybridized carbons (Fsp3) is 0.308. The molecule has 8 nitrogen and oxygen atoms in total. The number of fused-ring (bicyclic) bond motifs is 1. The van der Waals surface area contributed by atoms with Gasteiger partial charge in [-0.1, -0.05) is 30.3 Å². The SMILES string of the molecule is CC(=O)c1c(C2CCN(CN)CC2)nc2c(-c3ccc(-c4ccccc4C)nc3)cnn2c1N. The number of carbonyl (C=O) groups excluding carboxylic acids is 1. The Hall–Kier alpha value is -3.62. The maximum atomic E-state index is 12.6. The Bertz CT molecular complexity index is 1350. The predicted molar refractivity (Wildman–Crippen MR) is 133 cm³/mol.